The molecule has 0 spiro atoms. The second-order valence-corrected chi connectivity index (χ2v) is 7.16. The molecule has 1 fully saturated rings. The zero-order valence-corrected chi connectivity index (χ0v) is 17.4. The fourth-order valence-electron chi connectivity index (χ4n) is 3.17. The highest BCUT2D eigenvalue weighted by Crippen LogP contribution is 2.36. The first-order valence-electron chi connectivity index (χ1n) is 8.87. The number of rotatable bonds is 7. The Morgan fingerprint density at radius 3 is 2.61 bits per heavy atom. The number of nitrogens with one attached hydrogen (secondary N) is 1. The predicted molar refractivity (Wildman–Crippen MR) is 111 cm³/mol. The average Bonchev–Trinajstić information content (AvgIpc) is 2.72. The summed E-state index contributed by atoms with van der Waals surface area (Å²) in [6.07, 6.45) is 0. The van der Waals surface area contributed by atoms with Crippen LogP contribution in [0.4, 0.5) is 11.4 Å². The third kappa shape index (κ3) is 4.51. The van der Waals surface area contributed by atoms with E-state index in [9.17, 15) is 9.90 Å². The molecule has 0 atom stereocenters. The number of carboxylic acid groups (broad SMARTS) is 1. The molecule has 7 nitrogen and oxygen atoms in total. The summed E-state index contributed by atoms with van der Waals surface area (Å²) >= 11 is 3.48. The van der Waals surface area contributed by atoms with Crippen LogP contribution in [-0.4, -0.2) is 51.6 Å². The predicted octanol–water partition coefficient (Wildman–Crippen LogP) is 3.61. The molecule has 2 aromatic rings. The Morgan fingerprint density at radius 2 is 1.96 bits per heavy atom. The van der Waals surface area contributed by atoms with Gasteiger partial charge in [-0.05, 0) is 51.8 Å². The van der Waals surface area contributed by atoms with E-state index in [0.29, 0.717) is 44.3 Å². The van der Waals surface area contributed by atoms with Crippen LogP contribution in [0.2, 0.25) is 0 Å². The van der Waals surface area contributed by atoms with Gasteiger partial charge in [0.15, 0.2) is 11.5 Å². The number of nitrogens with zero attached hydrogens (tertiary/aromatic N) is 1. The molecule has 1 aliphatic rings. The summed E-state index contributed by atoms with van der Waals surface area (Å²) in [5.41, 5.74) is 2.70. The van der Waals surface area contributed by atoms with Crippen molar-refractivity contribution in [1.82, 2.24) is 0 Å². The van der Waals surface area contributed by atoms with Gasteiger partial charge in [0.05, 0.1) is 43.2 Å². The molecule has 2 aromatic carbocycles. The second-order valence-electron chi connectivity index (χ2n) is 6.30. The van der Waals surface area contributed by atoms with Crippen LogP contribution >= 0.6 is 15.9 Å². The van der Waals surface area contributed by atoms with Crippen molar-refractivity contribution in [3.63, 3.8) is 0 Å². The molecule has 2 N–H and O–H groups in total. The number of anilines is 2. The maximum absolute atomic E-state index is 11.8. The van der Waals surface area contributed by atoms with Crippen molar-refractivity contribution >= 4 is 33.3 Å². The molecule has 1 saturated heterocycles. The smallest absolute Gasteiger partial charge is 0.337 e. The summed E-state index contributed by atoms with van der Waals surface area (Å²) in [6, 6.07) is 9.24. The number of methoxy groups -OCH3 is 2. The van der Waals surface area contributed by atoms with Crippen molar-refractivity contribution in [2.45, 2.75) is 6.54 Å². The zero-order chi connectivity index (χ0) is 20.1. The molecule has 0 amide bonds. The number of hydrogen-bond acceptors (Lipinski definition) is 6. The molecule has 1 heterocycles. The molecular weight excluding hydrogens is 428 g/mol. The standard InChI is InChI=1S/C20H23BrN2O5/c1-26-18-10-13(9-16(21)19(18)27-2)12-22-14-3-4-17(15(11-14)20(24)25)23-5-7-28-8-6-23/h3-4,9-11,22H,5-8,12H2,1-2H3,(H,24,25). The van der Waals surface area contributed by atoms with Gasteiger partial charge < -0.3 is 29.5 Å². The molecule has 1 aliphatic heterocycles. The number of aromatic carboxylic acids is 1. The van der Waals surface area contributed by atoms with Gasteiger partial charge in [-0.25, -0.2) is 4.79 Å². The molecule has 0 aliphatic carbocycles. The molecule has 0 bridgehead atoms. The number of hydrogen-bond donors (Lipinski definition) is 2. The van der Waals surface area contributed by atoms with Gasteiger partial charge >= 0.3 is 5.97 Å². The lowest BCUT2D eigenvalue weighted by atomic mass is 10.1. The van der Waals surface area contributed by atoms with E-state index in [-0.39, 0.29) is 5.56 Å². The van der Waals surface area contributed by atoms with E-state index < -0.39 is 5.97 Å². The number of carbonyl (C=O) groups is 1. The molecule has 3 rings (SSSR count). The Labute approximate surface area is 172 Å². The molecule has 0 saturated carbocycles. The van der Waals surface area contributed by atoms with E-state index in [1.165, 1.54) is 0 Å². The first-order chi connectivity index (χ1) is 13.5. The summed E-state index contributed by atoms with van der Waals surface area (Å²) in [5.74, 6) is 0.316. The van der Waals surface area contributed by atoms with Crippen LogP contribution in [0.5, 0.6) is 11.5 Å². The third-order valence-electron chi connectivity index (χ3n) is 4.57. The monoisotopic (exact) mass is 450 g/mol. The van der Waals surface area contributed by atoms with Gasteiger partial charge in [0, 0.05) is 25.3 Å². The molecule has 0 radical (unpaired) electrons. The largest absolute Gasteiger partial charge is 0.493 e. The van der Waals surface area contributed by atoms with Crippen LogP contribution in [0.3, 0.4) is 0 Å². The van der Waals surface area contributed by atoms with Gasteiger partial charge in [-0.15, -0.1) is 0 Å². The maximum atomic E-state index is 11.8. The summed E-state index contributed by atoms with van der Waals surface area (Å²) < 4.78 is 16.8. The summed E-state index contributed by atoms with van der Waals surface area (Å²) in [4.78, 5) is 13.8. The molecular formula is C20H23BrN2O5. The SMILES string of the molecule is COc1cc(CNc2ccc(N3CCOCC3)c(C(=O)O)c2)cc(Br)c1OC. The summed E-state index contributed by atoms with van der Waals surface area (Å²) in [7, 11) is 3.18. The van der Waals surface area contributed by atoms with Crippen molar-refractivity contribution in [2.24, 2.45) is 0 Å². The second kappa shape index (κ2) is 9.16. The number of carboxylic acids is 1. The number of benzene rings is 2. The Hall–Kier alpha value is -2.45. The van der Waals surface area contributed by atoms with Crippen molar-refractivity contribution in [3.8, 4) is 11.5 Å². The topological polar surface area (TPSA) is 80.3 Å². The third-order valence-corrected chi connectivity index (χ3v) is 5.16. The minimum Gasteiger partial charge on any atom is -0.493 e. The highest BCUT2D eigenvalue weighted by Gasteiger charge is 2.19. The van der Waals surface area contributed by atoms with E-state index in [1.807, 2.05) is 29.2 Å². The lowest BCUT2D eigenvalue weighted by Gasteiger charge is -2.30. The Balaban J connectivity index is 1.78. The number of morpholine rings is 1. The lowest BCUT2D eigenvalue weighted by Crippen LogP contribution is -2.37. The van der Waals surface area contributed by atoms with Gasteiger partial charge in [0.25, 0.3) is 0 Å². The zero-order valence-electron chi connectivity index (χ0n) is 15.8. The molecule has 0 unspecified atom stereocenters. The summed E-state index contributed by atoms with van der Waals surface area (Å²) in [5, 5.41) is 12.9. The van der Waals surface area contributed by atoms with Crippen LogP contribution in [0.25, 0.3) is 0 Å². The number of ether oxygens (including phenoxy) is 3. The van der Waals surface area contributed by atoms with E-state index in [4.69, 9.17) is 14.2 Å². The maximum Gasteiger partial charge on any atom is 0.337 e. The Bertz CT molecular complexity index is 853. The first kappa shape index (κ1) is 20.3. The van der Waals surface area contributed by atoms with Crippen molar-refractivity contribution in [1.29, 1.82) is 0 Å². The van der Waals surface area contributed by atoms with E-state index in [1.54, 1.807) is 20.3 Å². The first-order valence-corrected chi connectivity index (χ1v) is 9.67. The van der Waals surface area contributed by atoms with Crippen molar-refractivity contribution in [3.05, 3.63) is 45.9 Å². The molecule has 150 valence electrons. The molecule has 0 aromatic heterocycles. The molecule has 28 heavy (non-hydrogen) atoms. The Kier molecular flexibility index (Phi) is 6.64. The van der Waals surface area contributed by atoms with Crippen molar-refractivity contribution < 1.29 is 24.1 Å². The minimum atomic E-state index is -0.945. The van der Waals surface area contributed by atoms with E-state index >= 15 is 0 Å². The Morgan fingerprint density at radius 1 is 1.21 bits per heavy atom. The minimum absolute atomic E-state index is 0.278. The average molecular weight is 451 g/mol. The van der Waals surface area contributed by atoms with Crippen LogP contribution in [0.1, 0.15) is 15.9 Å². The fraction of sp³-hybridized carbons (Fsp3) is 0.350. The fourth-order valence-corrected chi connectivity index (χ4v) is 3.83. The van der Waals surface area contributed by atoms with Crippen molar-refractivity contribution in [2.75, 3.05) is 50.7 Å². The van der Waals surface area contributed by atoms with Crippen LogP contribution < -0.4 is 19.7 Å². The van der Waals surface area contributed by atoms with Crippen LogP contribution in [-0.2, 0) is 11.3 Å². The van der Waals surface area contributed by atoms with Gasteiger partial charge in [0.2, 0.25) is 0 Å². The quantitative estimate of drug-likeness (QED) is 0.666. The van der Waals surface area contributed by atoms with E-state index in [0.717, 1.165) is 21.4 Å². The lowest BCUT2D eigenvalue weighted by molar-refractivity contribution is 0.0696. The normalized spacial score (nSPS) is 13.9. The highest BCUT2D eigenvalue weighted by atomic mass is 79.9. The van der Waals surface area contributed by atoms with Gasteiger partial charge in [0.1, 0.15) is 0 Å². The van der Waals surface area contributed by atoms with E-state index in [2.05, 4.69) is 21.2 Å². The van der Waals surface area contributed by atoms with Gasteiger partial charge in [-0.3, -0.25) is 0 Å². The van der Waals surface area contributed by atoms with Gasteiger partial charge in [-0.2, -0.15) is 0 Å². The van der Waals surface area contributed by atoms with Crippen LogP contribution in [0, 0.1) is 0 Å². The van der Waals surface area contributed by atoms with Gasteiger partial charge in [-0.1, -0.05) is 0 Å². The van der Waals surface area contributed by atoms with Crippen LogP contribution in [0.15, 0.2) is 34.8 Å². The highest BCUT2D eigenvalue weighted by molar-refractivity contribution is 9.10. The number of halogens is 1. The summed E-state index contributed by atoms with van der Waals surface area (Å²) in [6.45, 7) is 3.09. The molecule has 8 heteroatoms.